The van der Waals surface area contributed by atoms with E-state index in [1.165, 1.54) is 0 Å². The van der Waals surface area contributed by atoms with E-state index in [0.29, 0.717) is 0 Å². The summed E-state index contributed by atoms with van der Waals surface area (Å²) in [4.78, 5) is 0. The fourth-order valence-electron chi connectivity index (χ4n) is 1.01. The average molecular weight is 176 g/mol. The Morgan fingerprint density at radius 3 is 2.33 bits per heavy atom. The Bertz CT molecular complexity index is 95.8. The first-order chi connectivity index (χ1) is 5.74. The summed E-state index contributed by atoms with van der Waals surface area (Å²) in [6.45, 7) is 3.96. The lowest BCUT2D eigenvalue weighted by atomic mass is 10.2. The van der Waals surface area contributed by atoms with Crippen LogP contribution in [-0.4, -0.2) is 35.6 Å². The first-order valence-electron chi connectivity index (χ1n) is 4.61. The Kier molecular flexibility index (Phi) is 7.45. The van der Waals surface area contributed by atoms with Crippen molar-refractivity contribution in [3.63, 3.8) is 0 Å². The minimum absolute atomic E-state index is 0.0165. The summed E-state index contributed by atoms with van der Waals surface area (Å²) in [5, 5.41) is 17.6. The normalized spacial score (nSPS) is 16.0. The lowest BCUT2D eigenvalue weighted by Crippen LogP contribution is -2.25. The zero-order chi connectivity index (χ0) is 9.40. The van der Waals surface area contributed by atoms with Crippen molar-refractivity contribution in [2.75, 3.05) is 13.2 Å². The van der Waals surface area contributed by atoms with Gasteiger partial charge in [-0.05, 0) is 13.3 Å². The maximum absolute atomic E-state index is 8.89. The number of hydrogen-bond acceptors (Lipinski definition) is 3. The molecule has 0 saturated heterocycles. The van der Waals surface area contributed by atoms with Gasteiger partial charge < -0.3 is 14.9 Å². The number of aliphatic hydroxyl groups excluding tert-OH is 2. The molecule has 2 N–H and O–H groups in total. The highest BCUT2D eigenvalue weighted by molar-refractivity contribution is 4.58. The fraction of sp³-hybridized carbons (Fsp3) is 1.00. The number of unbranched alkanes of at least 4 members (excludes halogenated alkanes) is 1. The van der Waals surface area contributed by atoms with Gasteiger partial charge in [0.15, 0.2) is 0 Å². The first kappa shape index (κ1) is 11.9. The molecule has 0 aliphatic heterocycles. The minimum atomic E-state index is -0.168. The second-order valence-electron chi connectivity index (χ2n) is 3.08. The highest BCUT2D eigenvalue weighted by atomic mass is 16.5. The number of hydrogen-bond donors (Lipinski definition) is 2. The summed E-state index contributed by atoms with van der Waals surface area (Å²) < 4.78 is 5.35. The van der Waals surface area contributed by atoms with Gasteiger partial charge in [0.2, 0.25) is 0 Å². The molecular weight excluding hydrogens is 156 g/mol. The van der Waals surface area contributed by atoms with Gasteiger partial charge in [-0.2, -0.15) is 0 Å². The molecule has 12 heavy (non-hydrogen) atoms. The zero-order valence-corrected chi connectivity index (χ0v) is 7.99. The maximum atomic E-state index is 8.89. The van der Waals surface area contributed by atoms with Gasteiger partial charge in [-0.15, -0.1) is 0 Å². The molecule has 0 saturated carbocycles. The maximum Gasteiger partial charge on any atom is 0.0810 e. The highest BCUT2D eigenvalue weighted by Crippen LogP contribution is 2.06. The van der Waals surface area contributed by atoms with Gasteiger partial charge in [-0.3, -0.25) is 0 Å². The first-order valence-corrected chi connectivity index (χ1v) is 4.61. The Balaban J connectivity index is 3.51. The summed E-state index contributed by atoms with van der Waals surface area (Å²) in [5.41, 5.74) is 0. The van der Waals surface area contributed by atoms with Crippen molar-refractivity contribution < 1.29 is 14.9 Å². The van der Waals surface area contributed by atoms with Crippen LogP contribution in [0.25, 0.3) is 0 Å². The van der Waals surface area contributed by atoms with Gasteiger partial charge >= 0.3 is 0 Å². The number of ether oxygens (including phenoxy) is 1. The molecular formula is C9H20O3. The van der Waals surface area contributed by atoms with Crippen LogP contribution in [0.1, 0.15) is 33.1 Å². The van der Waals surface area contributed by atoms with Gasteiger partial charge in [0, 0.05) is 0 Å². The van der Waals surface area contributed by atoms with Crippen LogP contribution in [0.3, 0.4) is 0 Å². The molecule has 0 aromatic carbocycles. The van der Waals surface area contributed by atoms with Crippen LogP contribution in [0.4, 0.5) is 0 Å². The lowest BCUT2D eigenvalue weighted by molar-refractivity contribution is -0.0553. The summed E-state index contributed by atoms with van der Waals surface area (Å²) >= 11 is 0. The molecule has 0 amide bonds. The van der Waals surface area contributed by atoms with Crippen molar-refractivity contribution in [2.24, 2.45) is 0 Å². The van der Waals surface area contributed by atoms with Gasteiger partial charge in [0.05, 0.1) is 25.4 Å². The number of aliphatic hydroxyl groups is 2. The molecule has 2 atom stereocenters. The largest absolute Gasteiger partial charge is 0.394 e. The standard InChI is InChI=1S/C9H20O3/c1-3-4-5-9(7-11)12-8(2)6-10/h8-11H,3-7H2,1-2H3. The van der Waals surface area contributed by atoms with Crippen LogP contribution in [0.2, 0.25) is 0 Å². The van der Waals surface area contributed by atoms with E-state index in [2.05, 4.69) is 6.92 Å². The quantitative estimate of drug-likeness (QED) is 0.607. The van der Waals surface area contributed by atoms with Crippen LogP contribution < -0.4 is 0 Å². The molecule has 0 fully saturated rings. The Morgan fingerprint density at radius 1 is 1.25 bits per heavy atom. The van der Waals surface area contributed by atoms with E-state index < -0.39 is 0 Å². The summed E-state index contributed by atoms with van der Waals surface area (Å²) in [5.74, 6) is 0. The Labute approximate surface area is 74.4 Å². The van der Waals surface area contributed by atoms with Crippen LogP contribution in [0.5, 0.6) is 0 Å². The van der Waals surface area contributed by atoms with E-state index >= 15 is 0 Å². The van der Waals surface area contributed by atoms with E-state index in [0.717, 1.165) is 19.3 Å². The van der Waals surface area contributed by atoms with E-state index in [1.54, 1.807) is 6.92 Å². The molecule has 0 rings (SSSR count). The van der Waals surface area contributed by atoms with Crippen LogP contribution in [-0.2, 0) is 4.74 Å². The third-order valence-corrected chi connectivity index (χ3v) is 1.77. The monoisotopic (exact) mass is 176 g/mol. The summed E-state index contributed by atoms with van der Waals surface area (Å²) in [6, 6.07) is 0. The molecule has 0 aliphatic carbocycles. The average Bonchev–Trinajstić information content (AvgIpc) is 2.11. The fourth-order valence-corrected chi connectivity index (χ4v) is 1.01. The van der Waals surface area contributed by atoms with E-state index in [1.807, 2.05) is 0 Å². The van der Waals surface area contributed by atoms with Gasteiger partial charge in [-0.25, -0.2) is 0 Å². The molecule has 0 aromatic heterocycles. The zero-order valence-electron chi connectivity index (χ0n) is 7.99. The highest BCUT2D eigenvalue weighted by Gasteiger charge is 2.10. The van der Waals surface area contributed by atoms with Crippen LogP contribution in [0, 0.1) is 0 Å². The SMILES string of the molecule is CCCCC(CO)OC(C)CO. The molecule has 0 aromatic rings. The van der Waals surface area contributed by atoms with Crippen LogP contribution >= 0.6 is 0 Å². The van der Waals surface area contributed by atoms with E-state index in [9.17, 15) is 0 Å². The second kappa shape index (κ2) is 7.53. The van der Waals surface area contributed by atoms with E-state index in [4.69, 9.17) is 14.9 Å². The van der Waals surface area contributed by atoms with Gasteiger partial charge in [-0.1, -0.05) is 19.8 Å². The third kappa shape index (κ3) is 5.52. The second-order valence-corrected chi connectivity index (χ2v) is 3.08. The Hall–Kier alpha value is -0.120. The van der Waals surface area contributed by atoms with Crippen molar-refractivity contribution in [2.45, 2.75) is 45.3 Å². The molecule has 3 nitrogen and oxygen atoms in total. The smallest absolute Gasteiger partial charge is 0.0810 e. The predicted molar refractivity (Wildman–Crippen MR) is 48.0 cm³/mol. The van der Waals surface area contributed by atoms with Gasteiger partial charge in [0.1, 0.15) is 0 Å². The predicted octanol–water partition coefficient (Wildman–Crippen LogP) is 0.935. The third-order valence-electron chi connectivity index (χ3n) is 1.77. The van der Waals surface area contributed by atoms with Crippen LogP contribution in [0.15, 0.2) is 0 Å². The molecule has 3 heteroatoms. The summed E-state index contributed by atoms with van der Waals surface area (Å²) in [7, 11) is 0. The molecule has 0 bridgehead atoms. The minimum Gasteiger partial charge on any atom is -0.394 e. The lowest BCUT2D eigenvalue weighted by Gasteiger charge is -2.18. The van der Waals surface area contributed by atoms with E-state index in [-0.39, 0.29) is 25.4 Å². The van der Waals surface area contributed by atoms with Crippen molar-refractivity contribution in [3.8, 4) is 0 Å². The molecule has 0 radical (unpaired) electrons. The summed E-state index contributed by atoms with van der Waals surface area (Å²) in [6.07, 6.45) is 2.76. The molecule has 0 aliphatic rings. The number of rotatable bonds is 7. The molecule has 0 heterocycles. The Morgan fingerprint density at radius 2 is 1.92 bits per heavy atom. The van der Waals surface area contributed by atoms with Crippen molar-refractivity contribution in [3.05, 3.63) is 0 Å². The van der Waals surface area contributed by atoms with Crippen molar-refractivity contribution in [1.29, 1.82) is 0 Å². The molecule has 0 spiro atoms. The van der Waals surface area contributed by atoms with Crippen molar-refractivity contribution in [1.82, 2.24) is 0 Å². The van der Waals surface area contributed by atoms with Crippen molar-refractivity contribution >= 4 is 0 Å². The molecule has 2 unspecified atom stereocenters. The van der Waals surface area contributed by atoms with Gasteiger partial charge in [0.25, 0.3) is 0 Å². The topological polar surface area (TPSA) is 49.7 Å². The molecule has 74 valence electrons.